The van der Waals surface area contributed by atoms with Gasteiger partial charge in [-0.25, -0.2) is 0 Å². The molecular weight excluding hydrogens is 342 g/mol. The Morgan fingerprint density at radius 3 is 2.70 bits per heavy atom. The third-order valence-electron chi connectivity index (χ3n) is 5.75. The van der Waals surface area contributed by atoms with Crippen molar-refractivity contribution in [1.82, 2.24) is 15.2 Å². The molecule has 1 saturated carbocycles. The molecule has 1 aromatic carbocycles. The maximum atomic E-state index is 12.6. The Balaban J connectivity index is 1.54. The number of amides is 1. The number of aliphatic hydroxyl groups excluding tert-OH is 2. The molecule has 2 heterocycles. The minimum absolute atomic E-state index is 0.195. The van der Waals surface area contributed by atoms with Gasteiger partial charge in [-0.3, -0.25) is 14.7 Å². The topological polar surface area (TPSA) is 85.7 Å². The number of pyridine rings is 1. The summed E-state index contributed by atoms with van der Waals surface area (Å²) in [6.07, 6.45) is 3.52. The summed E-state index contributed by atoms with van der Waals surface area (Å²) in [5.74, 6) is -0.195. The van der Waals surface area contributed by atoms with E-state index in [9.17, 15) is 15.0 Å². The van der Waals surface area contributed by atoms with Gasteiger partial charge in [0.1, 0.15) is 0 Å². The fourth-order valence-electron chi connectivity index (χ4n) is 4.31. The van der Waals surface area contributed by atoms with E-state index in [0.717, 1.165) is 13.0 Å². The zero-order valence-electron chi connectivity index (χ0n) is 15.2. The minimum atomic E-state index is -0.886. The highest BCUT2D eigenvalue weighted by molar-refractivity contribution is 5.94. The Kier molecular flexibility index (Phi) is 5.20. The van der Waals surface area contributed by atoms with Crippen molar-refractivity contribution in [2.75, 3.05) is 6.54 Å². The molecule has 0 bridgehead atoms. The molecule has 0 unspecified atom stereocenters. The van der Waals surface area contributed by atoms with Crippen LogP contribution in [-0.2, 0) is 13.0 Å². The number of benzene rings is 1. The van der Waals surface area contributed by atoms with Crippen molar-refractivity contribution >= 4 is 5.91 Å². The first-order chi connectivity index (χ1) is 13.1. The monoisotopic (exact) mass is 367 g/mol. The first-order valence-electron chi connectivity index (χ1n) is 9.51. The predicted molar refractivity (Wildman–Crippen MR) is 101 cm³/mol. The molecule has 3 N–H and O–H groups in total. The highest BCUT2D eigenvalue weighted by Gasteiger charge is 2.42. The largest absolute Gasteiger partial charge is 0.390 e. The van der Waals surface area contributed by atoms with Crippen molar-refractivity contribution < 1.29 is 15.0 Å². The van der Waals surface area contributed by atoms with Gasteiger partial charge in [0.2, 0.25) is 0 Å². The third-order valence-corrected chi connectivity index (χ3v) is 5.75. The first kappa shape index (κ1) is 18.1. The molecule has 1 aliphatic heterocycles. The fraction of sp³-hybridized carbons (Fsp3) is 0.429. The van der Waals surface area contributed by atoms with Crippen LogP contribution in [-0.4, -0.2) is 56.8 Å². The number of nitrogens with one attached hydrogen (secondary N) is 1. The van der Waals surface area contributed by atoms with Crippen molar-refractivity contribution in [2.24, 2.45) is 0 Å². The van der Waals surface area contributed by atoms with Crippen LogP contribution in [0.3, 0.4) is 0 Å². The van der Waals surface area contributed by atoms with Crippen LogP contribution in [0.25, 0.3) is 0 Å². The molecule has 2 aliphatic rings. The lowest BCUT2D eigenvalue weighted by Crippen LogP contribution is -2.63. The van der Waals surface area contributed by atoms with Gasteiger partial charge >= 0.3 is 0 Å². The average Bonchev–Trinajstić information content (AvgIpc) is 2.71. The van der Waals surface area contributed by atoms with Crippen LogP contribution < -0.4 is 5.32 Å². The Morgan fingerprint density at radius 2 is 1.93 bits per heavy atom. The SMILES string of the molecule is O=C(N[C@@H]1CC[C@H](O)[C@H](O)[C@H]1N1CCc2ccccc2C1)c1cccnc1. The van der Waals surface area contributed by atoms with Crippen LogP contribution in [0, 0.1) is 0 Å². The predicted octanol–water partition coefficient (Wildman–Crippen LogP) is 1.12. The van der Waals surface area contributed by atoms with Gasteiger partial charge in [-0.05, 0) is 42.5 Å². The zero-order chi connectivity index (χ0) is 18.8. The second-order valence-electron chi connectivity index (χ2n) is 7.44. The van der Waals surface area contributed by atoms with Gasteiger partial charge in [0.25, 0.3) is 5.91 Å². The van der Waals surface area contributed by atoms with Crippen LogP contribution in [0.5, 0.6) is 0 Å². The summed E-state index contributed by atoms with van der Waals surface area (Å²) in [5, 5.41) is 24.0. The molecule has 27 heavy (non-hydrogen) atoms. The number of rotatable bonds is 3. The molecule has 1 fully saturated rings. The summed E-state index contributed by atoms with van der Waals surface area (Å²) < 4.78 is 0. The van der Waals surface area contributed by atoms with Crippen molar-refractivity contribution in [1.29, 1.82) is 0 Å². The van der Waals surface area contributed by atoms with E-state index in [2.05, 4.69) is 27.3 Å². The minimum Gasteiger partial charge on any atom is -0.390 e. The standard InChI is InChI=1S/C21H25N3O3/c25-18-8-7-17(23-21(27)15-6-3-10-22-12-15)19(20(18)26)24-11-9-14-4-1-2-5-16(14)13-24/h1-6,10,12,17-20,25-26H,7-9,11,13H2,(H,23,27)/t17-,18+,19+,20+/m1/s1. The highest BCUT2D eigenvalue weighted by Crippen LogP contribution is 2.29. The molecule has 142 valence electrons. The van der Waals surface area contributed by atoms with E-state index in [1.165, 1.54) is 17.3 Å². The molecule has 1 aliphatic carbocycles. The van der Waals surface area contributed by atoms with Crippen LogP contribution in [0.2, 0.25) is 0 Å². The number of aromatic nitrogens is 1. The number of hydrogen-bond donors (Lipinski definition) is 3. The van der Waals surface area contributed by atoms with E-state index in [1.807, 2.05) is 12.1 Å². The van der Waals surface area contributed by atoms with E-state index >= 15 is 0 Å². The number of carbonyl (C=O) groups is 1. The molecule has 0 saturated heterocycles. The smallest absolute Gasteiger partial charge is 0.253 e. The number of hydrogen-bond acceptors (Lipinski definition) is 5. The fourth-order valence-corrected chi connectivity index (χ4v) is 4.31. The Labute approximate surface area is 158 Å². The molecule has 0 spiro atoms. The van der Waals surface area contributed by atoms with E-state index in [1.54, 1.807) is 18.3 Å². The van der Waals surface area contributed by atoms with E-state index < -0.39 is 12.2 Å². The number of aliphatic hydroxyl groups is 2. The molecule has 4 rings (SSSR count). The van der Waals surface area contributed by atoms with Crippen LogP contribution in [0.15, 0.2) is 48.8 Å². The van der Waals surface area contributed by atoms with Gasteiger partial charge in [-0.1, -0.05) is 24.3 Å². The lowest BCUT2D eigenvalue weighted by atomic mass is 9.83. The van der Waals surface area contributed by atoms with Crippen molar-refractivity contribution in [3.05, 3.63) is 65.5 Å². The van der Waals surface area contributed by atoms with E-state index in [-0.39, 0.29) is 18.0 Å². The summed E-state index contributed by atoms with van der Waals surface area (Å²) >= 11 is 0. The number of nitrogens with zero attached hydrogens (tertiary/aromatic N) is 2. The third kappa shape index (κ3) is 3.74. The van der Waals surface area contributed by atoms with Gasteiger partial charge < -0.3 is 15.5 Å². The maximum absolute atomic E-state index is 12.6. The van der Waals surface area contributed by atoms with Gasteiger partial charge in [-0.2, -0.15) is 0 Å². The lowest BCUT2D eigenvalue weighted by Gasteiger charge is -2.46. The Morgan fingerprint density at radius 1 is 1.11 bits per heavy atom. The highest BCUT2D eigenvalue weighted by atomic mass is 16.3. The molecule has 4 atom stereocenters. The van der Waals surface area contributed by atoms with Crippen LogP contribution in [0.1, 0.15) is 34.3 Å². The maximum Gasteiger partial charge on any atom is 0.253 e. The number of fused-ring (bicyclic) bond motifs is 1. The van der Waals surface area contributed by atoms with Crippen LogP contribution in [0.4, 0.5) is 0 Å². The summed E-state index contributed by atoms with van der Waals surface area (Å²) in [7, 11) is 0. The van der Waals surface area contributed by atoms with Crippen LogP contribution >= 0.6 is 0 Å². The quantitative estimate of drug-likeness (QED) is 0.757. The Bertz CT molecular complexity index is 798. The van der Waals surface area contributed by atoms with Gasteiger partial charge in [0.05, 0.1) is 23.8 Å². The van der Waals surface area contributed by atoms with E-state index in [0.29, 0.717) is 24.9 Å². The normalized spacial score (nSPS) is 28.4. The molecule has 1 aromatic heterocycles. The summed E-state index contributed by atoms with van der Waals surface area (Å²) in [6.45, 7) is 1.51. The molecule has 1 amide bonds. The molecule has 0 radical (unpaired) electrons. The van der Waals surface area contributed by atoms with Crippen molar-refractivity contribution in [2.45, 2.75) is 50.1 Å². The molecule has 6 nitrogen and oxygen atoms in total. The lowest BCUT2D eigenvalue weighted by molar-refractivity contribution is -0.0789. The average molecular weight is 367 g/mol. The summed E-state index contributed by atoms with van der Waals surface area (Å²) in [4.78, 5) is 18.8. The number of carbonyl (C=O) groups excluding carboxylic acids is 1. The van der Waals surface area contributed by atoms with Crippen molar-refractivity contribution in [3.8, 4) is 0 Å². The zero-order valence-corrected chi connectivity index (χ0v) is 15.2. The summed E-state index contributed by atoms with van der Waals surface area (Å²) in [5.41, 5.74) is 3.07. The molecule has 2 aromatic rings. The van der Waals surface area contributed by atoms with Gasteiger partial charge in [-0.15, -0.1) is 0 Å². The first-order valence-corrected chi connectivity index (χ1v) is 9.51. The van der Waals surface area contributed by atoms with E-state index in [4.69, 9.17) is 0 Å². The second kappa shape index (κ2) is 7.76. The molecule has 6 heteroatoms. The van der Waals surface area contributed by atoms with Gasteiger partial charge in [0, 0.05) is 31.5 Å². The molecular formula is C21H25N3O3. The summed E-state index contributed by atoms with van der Waals surface area (Å²) in [6, 6.07) is 11.2. The second-order valence-corrected chi connectivity index (χ2v) is 7.44. The van der Waals surface area contributed by atoms with Crippen molar-refractivity contribution in [3.63, 3.8) is 0 Å². The van der Waals surface area contributed by atoms with Gasteiger partial charge in [0.15, 0.2) is 0 Å². The Hall–Kier alpha value is -2.28.